The van der Waals surface area contributed by atoms with Gasteiger partial charge in [-0.05, 0) is 42.5 Å². The Kier molecular flexibility index (Phi) is 6.09. The minimum absolute atomic E-state index is 0.0347. The second kappa shape index (κ2) is 8.98. The molecule has 1 atom stereocenters. The zero-order valence-electron chi connectivity index (χ0n) is 19.1. The van der Waals surface area contributed by atoms with Crippen LogP contribution in [0.5, 0.6) is 0 Å². The molecule has 0 unspecified atom stereocenters. The zero-order chi connectivity index (χ0) is 23.7. The van der Waals surface area contributed by atoms with Gasteiger partial charge in [0.2, 0.25) is 5.91 Å². The van der Waals surface area contributed by atoms with E-state index in [0.29, 0.717) is 42.0 Å². The number of benzene rings is 1. The molecule has 1 N–H and O–H groups in total. The molecule has 1 aromatic carbocycles. The van der Waals surface area contributed by atoms with Crippen molar-refractivity contribution in [2.24, 2.45) is 5.92 Å². The normalized spacial score (nSPS) is 15.4. The van der Waals surface area contributed by atoms with Crippen molar-refractivity contribution in [3.05, 3.63) is 64.6 Å². The third-order valence-electron chi connectivity index (χ3n) is 5.87. The van der Waals surface area contributed by atoms with Crippen molar-refractivity contribution >= 4 is 17.4 Å². The van der Waals surface area contributed by atoms with Crippen molar-refractivity contribution in [2.75, 3.05) is 17.3 Å². The summed E-state index contributed by atoms with van der Waals surface area (Å²) in [4.78, 5) is 23.8. The molecule has 0 aliphatic carbocycles. The van der Waals surface area contributed by atoms with Gasteiger partial charge in [0.1, 0.15) is 23.4 Å². The molecule has 1 aliphatic rings. The highest BCUT2D eigenvalue weighted by Crippen LogP contribution is 2.33. The Morgan fingerprint density at radius 3 is 2.79 bits per heavy atom. The summed E-state index contributed by atoms with van der Waals surface area (Å²) < 4.78 is 15.1. The van der Waals surface area contributed by atoms with Crippen molar-refractivity contribution in [2.45, 2.75) is 46.2 Å². The lowest BCUT2D eigenvalue weighted by molar-refractivity contribution is -0.118. The van der Waals surface area contributed by atoms with Crippen LogP contribution in [0.25, 0.3) is 0 Å². The third kappa shape index (κ3) is 4.55. The molecule has 33 heavy (non-hydrogen) atoms. The smallest absolute Gasteiger partial charge is 0.247 e. The number of aromatic nitrogens is 4. The van der Waals surface area contributed by atoms with Crippen LogP contribution >= 0.6 is 0 Å². The lowest BCUT2D eigenvalue weighted by atomic mass is 9.99. The molecule has 3 heterocycles. The Balaban J connectivity index is 1.48. The molecule has 0 radical (unpaired) electrons. The predicted molar refractivity (Wildman–Crippen MR) is 122 cm³/mol. The monoisotopic (exact) mass is 447 g/mol. The average Bonchev–Trinajstić information content (AvgIpc) is 3.21. The Morgan fingerprint density at radius 1 is 1.27 bits per heavy atom. The van der Waals surface area contributed by atoms with Crippen molar-refractivity contribution in [1.82, 2.24) is 19.7 Å². The average molecular weight is 448 g/mol. The first-order chi connectivity index (χ1) is 15.8. The maximum atomic E-state index is 13.4. The summed E-state index contributed by atoms with van der Waals surface area (Å²) in [5.41, 5.74) is 3.45. The number of fused-ring (bicyclic) bond motifs is 1. The van der Waals surface area contributed by atoms with E-state index in [1.165, 1.54) is 12.1 Å². The van der Waals surface area contributed by atoms with Crippen LogP contribution in [0, 0.1) is 30.0 Å². The highest BCUT2D eigenvalue weighted by Gasteiger charge is 2.35. The molecule has 4 rings (SSSR count). The summed E-state index contributed by atoms with van der Waals surface area (Å²) in [7, 11) is 1.90. The predicted octanol–water partition coefficient (Wildman–Crippen LogP) is 3.24. The maximum absolute atomic E-state index is 13.4. The molecule has 3 aromatic rings. The first-order valence-electron chi connectivity index (χ1n) is 10.9. The van der Waals surface area contributed by atoms with E-state index in [1.807, 2.05) is 45.0 Å². The molecule has 0 spiro atoms. The summed E-state index contributed by atoms with van der Waals surface area (Å²) in [5, 5.41) is 16.6. The lowest BCUT2D eigenvalue weighted by Gasteiger charge is -2.36. The van der Waals surface area contributed by atoms with Crippen LogP contribution in [0.3, 0.4) is 0 Å². The number of anilines is 2. The SMILES string of the molecule is Cc1nc(CCc2cnn(Cc3ccc(F)cc3C#N)c2)nc2c1NC(=O)[C@H](C(C)C)N2C. The fourth-order valence-corrected chi connectivity index (χ4v) is 4.23. The molecule has 1 amide bonds. The van der Waals surface area contributed by atoms with E-state index in [4.69, 9.17) is 4.98 Å². The molecule has 2 aromatic heterocycles. The van der Waals surface area contributed by atoms with Crippen LogP contribution in [0.4, 0.5) is 15.9 Å². The number of hydrogen-bond acceptors (Lipinski definition) is 6. The highest BCUT2D eigenvalue weighted by molar-refractivity contribution is 6.03. The van der Waals surface area contributed by atoms with Crippen LogP contribution in [0.15, 0.2) is 30.6 Å². The minimum atomic E-state index is -0.429. The second-order valence-corrected chi connectivity index (χ2v) is 8.67. The van der Waals surface area contributed by atoms with E-state index < -0.39 is 5.82 Å². The molecule has 1 aliphatic heterocycles. The first kappa shape index (κ1) is 22.4. The van der Waals surface area contributed by atoms with Crippen molar-refractivity contribution in [3.8, 4) is 6.07 Å². The van der Waals surface area contributed by atoms with Gasteiger partial charge in [0.25, 0.3) is 0 Å². The molecule has 0 bridgehead atoms. The standard InChI is InChI=1S/C24H26FN7O/c1-14(2)22-24(33)30-21-15(3)28-20(29-23(21)31(22)4)8-5-16-11-27-32(12-16)13-17-6-7-19(25)9-18(17)10-26/h6-7,9,11-12,14,22H,5,8,13H2,1-4H3,(H,30,33)/t22-/m0/s1. The van der Waals surface area contributed by atoms with E-state index in [9.17, 15) is 14.4 Å². The van der Waals surface area contributed by atoms with Gasteiger partial charge in [-0.1, -0.05) is 19.9 Å². The molecular weight excluding hydrogens is 421 g/mol. The Bertz CT molecular complexity index is 1240. The van der Waals surface area contributed by atoms with Gasteiger partial charge in [-0.25, -0.2) is 14.4 Å². The van der Waals surface area contributed by atoms with E-state index >= 15 is 0 Å². The van der Waals surface area contributed by atoms with Crippen LogP contribution in [0.2, 0.25) is 0 Å². The van der Waals surface area contributed by atoms with Gasteiger partial charge in [-0.3, -0.25) is 9.48 Å². The van der Waals surface area contributed by atoms with Gasteiger partial charge >= 0.3 is 0 Å². The maximum Gasteiger partial charge on any atom is 0.247 e. The summed E-state index contributed by atoms with van der Waals surface area (Å²) >= 11 is 0. The summed E-state index contributed by atoms with van der Waals surface area (Å²) in [6.45, 7) is 6.30. The number of rotatable bonds is 6. The van der Waals surface area contributed by atoms with Crippen LogP contribution in [0.1, 0.15) is 42.1 Å². The quantitative estimate of drug-likeness (QED) is 0.623. The molecule has 170 valence electrons. The number of amides is 1. The van der Waals surface area contributed by atoms with Crippen molar-refractivity contribution in [3.63, 3.8) is 0 Å². The van der Waals surface area contributed by atoms with E-state index in [2.05, 4.69) is 15.4 Å². The molecule has 0 fully saturated rings. The topological polar surface area (TPSA) is 99.7 Å². The van der Waals surface area contributed by atoms with Crippen molar-refractivity contribution < 1.29 is 9.18 Å². The van der Waals surface area contributed by atoms with E-state index in [-0.39, 0.29) is 17.9 Å². The number of carbonyl (C=O) groups is 1. The summed E-state index contributed by atoms with van der Waals surface area (Å²) in [6, 6.07) is 5.94. The van der Waals surface area contributed by atoms with Gasteiger partial charge in [-0.15, -0.1) is 0 Å². The number of aryl methyl sites for hydroxylation is 3. The number of nitriles is 1. The van der Waals surface area contributed by atoms with Crippen LogP contribution in [-0.4, -0.2) is 38.7 Å². The molecular formula is C24H26FN7O. The fraction of sp³-hybridized carbons (Fsp3) is 0.375. The zero-order valence-corrected chi connectivity index (χ0v) is 19.1. The first-order valence-corrected chi connectivity index (χ1v) is 10.9. The Morgan fingerprint density at radius 2 is 2.06 bits per heavy atom. The van der Waals surface area contributed by atoms with Gasteiger partial charge in [-0.2, -0.15) is 10.4 Å². The van der Waals surface area contributed by atoms with Gasteiger partial charge in [0.15, 0.2) is 5.82 Å². The van der Waals surface area contributed by atoms with Gasteiger partial charge in [0, 0.05) is 19.7 Å². The van der Waals surface area contributed by atoms with E-state index in [1.54, 1.807) is 16.9 Å². The fourth-order valence-electron chi connectivity index (χ4n) is 4.23. The molecule has 0 saturated carbocycles. The third-order valence-corrected chi connectivity index (χ3v) is 5.87. The Hall–Kier alpha value is -3.80. The largest absolute Gasteiger partial charge is 0.346 e. The minimum Gasteiger partial charge on any atom is -0.346 e. The molecule has 8 nitrogen and oxygen atoms in total. The number of nitrogens with one attached hydrogen (secondary N) is 1. The van der Waals surface area contributed by atoms with Crippen LogP contribution in [-0.2, 0) is 24.2 Å². The number of halogens is 1. The van der Waals surface area contributed by atoms with Gasteiger partial charge in [0.05, 0.1) is 30.1 Å². The second-order valence-electron chi connectivity index (χ2n) is 8.67. The number of hydrogen-bond donors (Lipinski definition) is 1. The highest BCUT2D eigenvalue weighted by atomic mass is 19.1. The van der Waals surface area contributed by atoms with Crippen LogP contribution < -0.4 is 10.2 Å². The van der Waals surface area contributed by atoms with E-state index in [0.717, 1.165) is 17.1 Å². The number of carbonyl (C=O) groups excluding carboxylic acids is 1. The summed E-state index contributed by atoms with van der Waals surface area (Å²) in [6.07, 6.45) is 5.00. The van der Waals surface area contributed by atoms with Crippen molar-refractivity contribution in [1.29, 1.82) is 5.26 Å². The number of likely N-dealkylation sites (N-methyl/N-ethyl adjacent to an activating group) is 1. The van der Waals surface area contributed by atoms with Gasteiger partial charge < -0.3 is 10.2 Å². The summed E-state index contributed by atoms with van der Waals surface area (Å²) in [5.74, 6) is 1.13. The Labute approximate surface area is 192 Å². The molecule has 0 saturated heterocycles. The number of nitrogens with zero attached hydrogens (tertiary/aromatic N) is 6. The lowest BCUT2D eigenvalue weighted by Crippen LogP contribution is -2.49. The molecule has 9 heteroatoms.